The van der Waals surface area contributed by atoms with Crippen LogP contribution in [-0.2, 0) is 16.1 Å². The Labute approximate surface area is 186 Å². The van der Waals surface area contributed by atoms with Crippen LogP contribution < -0.4 is 20.5 Å². The van der Waals surface area contributed by atoms with Gasteiger partial charge in [0.15, 0.2) is 11.5 Å². The molecular formula is C19H22N4O10. The maximum Gasteiger partial charge on any atom is 0.413 e. The summed E-state index contributed by atoms with van der Waals surface area (Å²) >= 11 is 0. The Morgan fingerprint density at radius 3 is 2.64 bits per heavy atom. The van der Waals surface area contributed by atoms with Crippen molar-refractivity contribution in [3.63, 3.8) is 0 Å². The fourth-order valence-electron chi connectivity index (χ4n) is 3.23. The number of nitro groups is 1. The first-order valence-corrected chi connectivity index (χ1v) is 9.64. The second-order valence-corrected chi connectivity index (χ2v) is 6.91. The van der Waals surface area contributed by atoms with Crippen molar-refractivity contribution in [3.8, 4) is 11.5 Å². The molecule has 0 radical (unpaired) electrons. The molecule has 14 nitrogen and oxygen atoms in total. The number of amides is 1. The van der Waals surface area contributed by atoms with E-state index in [0.717, 1.165) is 10.6 Å². The van der Waals surface area contributed by atoms with Gasteiger partial charge in [-0.2, -0.15) is 4.98 Å². The van der Waals surface area contributed by atoms with Crippen LogP contribution in [0, 0.1) is 10.1 Å². The molecule has 0 spiro atoms. The van der Waals surface area contributed by atoms with Crippen molar-refractivity contribution in [2.75, 3.05) is 26.1 Å². The summed E-state index contributed by atoms with van der Waals surface area (Å²) in [4.78, 5) is 38.8. The minimum Gasteiger partial charge on any atom is -0.493 e. The summed E-state index contributed by atoms with van der Waals surface area (Å²) in [5.41, 5.74) is -1.04. The summed E-state index contributed by atoms with van der Waals surface area (Å²) in [6, 6.07) is 3.78. The van der Waals surface area contributed by atoms with Gasteiger partial charge in [-0.15, -0.1) is 0 Å². The molecule has 1 aromatic carbocycles. The van der Waals surface area contributed by atoms with Gasteiger partial charge in [0.1, 0.15) is 24.8 Å². The lowest BCUT2D eigenvalue weighted by molar-refractivity contribution is -0.385. The Hall–Kier alpha value is -3.75. The molecule has 1 aliphatic heterocycles. The average Bonchev–Trinajstić information content (AvgIpc) is 3.17. The van der Waals surface area contributed by atoms with Crippen LogP contribution in [-0.4, -0.2) is 63.8 Å². The number of nitro benzene ring substituents is 1. The molecule has 1 fully saturated rings. The topological polar surface area (TPSA) is 185 Å². The van der Waals surface area contributed by atoms with Gasteiger partial charge in [0.2, 0.25) is 0 Å². The van der Waals surface area contributed by atoms with Crippen molar-refractivity contribution >= 4 is 17.6 Å². The van der Waals surface area contributed by atoms with Gasteiger partial charge in [0.25, 0.3) is 5.69 Å². The monoisotopic (exact) mass is 466 g/mol. The second kappa shape index (κ2) is 10.2. The number of hydrogen-bond acceptors (Lipinski definition) is 11. The van der Waals surface area contributed by atoms with Crippen molar-refractivity contribution in [1.82, 2.24) is 9.55 Å². The van der Waals surface area contributed by atoms with E-state index >= 15 is 0 Å². The van der Waals surface area contributed by atoms with Crippen molar-refractivity contribution in [3.05, 3.63) is 50.6 Å². The molecular weight excluding hydrogens is 444 g/mol. The minimum atomic E-state index is -1.00. The highest BCUT2D eigenvalue weighted by molar-refractivity contribution is 5.83. The van der Waals surface area contributed by atoms with Crippen LogP contribution in [0.3, 0.4) is 0 Å². The lowest BCUT2D eigenvalue weighted by Gasteiger charge is -2.14. The molecule has 3 atom stereocenters. The summed E-state index contributed by atoms with van der Waals surface area (Å²) in [7, 11) is 2.69. The van der Waals surface area contributed by atoms with E-state index in [1.165, 1.54) is 32.5 Å². The van der Waals surface area contributed by atoms with Gasteiger partial charge in [0, 0.05) is 12.6 Å². The van der Waals surface area contributed by atoms with Gasteiger partial charge >= 0.3 is 11.8 Å². The molecule has 2 heterocycles. The number of nitrogens with one attached hydrogen (secondary N) is 1. The second-order valence-electron chi connectivity index (χ2n) is 6.91. The standard InChI is InChI=1S/C19H22N4O10/c1-30-13-5-10(11(23(28)29)6-14(13)31-2)9-32-19(27)21-16-3-4-22(18(26)20-16)17-7-12(25)15(8-24)33-17/h3-6,12,15,17,24-25H,7-9H2,1-2H3,(H,20,21,26,27)/t12-,15+,17+/m0/s1. The Morgan fingerprint density at radius 1 is 1.36 bits per heavy atom. The van der Waals surface area contributed by atoms with E-state index < -0.39 is 48.4 Å². The van der Waals surface area contributed by atoms with E-state index in [2.05, 4.69) is 10.3 Å². The number of aliphatic hydroxyl groups excluding tert-OH is 2. The fraction of sp³-hybridized carbons (Fsp3) is 0.421. The van der Waals surface area contributed by atoms with Gasteiger partial charge in [-0.05, 0) is 12.1 Å². The predicted octanol–water partition coefficient (Wildman–Crippen LogP) is 0.558. The third-order valence-electron chi connectivity index (χ3n) is 4.89. The molecule has 2 aromatic rings. The number of carbonyl (C=O) groups is 1. The fourth-order valence-corrected chi connectivity index (χ4v) is 3.23. The summed E-state index contributed by atoms with van der Waals surface area (Å²) in [6.07, 6.45) is -2.16. The zero-order chi connectivity index (χ0) is 24.1. The Bertz CT molecular complexity index is 1090. The molecule has 0 unspecified atom stereocenters. The minimum absolute atomic E-state index is 0.0616. The van der Waals surface area contributed by atoms with Crippen LogP contribution in [0.15, 0.2) is 29.2 Å². The van der Waals surface area contributed by atoms with Gasteiger partial charge in [-0.1, -0.05) is 0 Å². The first-order chi connectivity index (χ1) is 15.8. The third-order valence-corrected chi connectivity index (χ3v) is 4.89. The highest BCUT2D eigenvalue weighted by Crippen LogP contribution is 2.35. The Morgan fingerprint density at radius 2 is 2.06 bits per heavy atom. The molecule has 14 heteroatoms. The normalized spacial score (nSPS) is 19.7. The van der Waals surface area contributed by atoms with Crippen molar-refractivity contribution < 1.29 is 38.9 Å². The Balaban J connectivity index is 1.67. The van der Waals surface area contributed by atoms with Crippen molar-refractivity contribution in [2.24, 2.45) is 0 Å². The number of carbonyl (C=O) groups excluding carboxylic acids is 1. The zero-order valence-electron chi connectivity index (χ0n) is 17.7. The van der Waals surface area contributed by atoms with Crippen molar-refractivity contribution in [2.45, 2.75) is 31.5 Å². The number of anilines is 1. The van der Waals surface area contributed by atoms with Crippen LogP contribution in [0.2, 0.25) is 0 Å². The van der Waals surface area contributed by atoms with Crippen LogP contribution in [0.5, 0.6) is 11.5 Å². The smallest absolute Gasteiger partial charge is 0.413 e. The predicted molar refractivity (Wildman–Crippen MR) is 110 cm³/mol. The van der Waals surface area contributed by atoms with Crippen LogP contribution in [0.25, 0.3) is 0 Å². The lowest BCUT2D eigenvalue weighted by atomic mass is 10.1. The SMILES string of the molecule is COc1cc(COC(=O)Nc2ccn([C@H]3C[C@H](O)[C@@H](CO)O3)c(=O)n2)c([N+](=O)[O-])cc1OC. The largest absolute Gasteiger partial charge is 0.493 e. The van der Waals surface area contributed by atoms with E-state index in [1.54, 1.807) is 0 Å². The summed E-state index contributed by atoms with van der Waals surface area (Å²) in [5, 5.41) is 32.5. The maximum atomic E-state index is 12.3. The van der Waals surface area contributed by atoms with Gasteiger partial charge < -0.3 is 29.2 Å². The molecule has 33 heavy (non-hydrogen) atoms. The number of aromatic nitrogens is 2. The molecule has 0 saturated carbocycles. The summed E-state index contributed by atoms with van der Waals surface area (Å²) in [6.45, 7) is -0.862. The maximum absolute atomic E-state index is 12.3. The summed E-state index contributed by atoms with van der Waals surface area (Å²) in [5.74, 6) is 0.238. The third kappa shape index (κ3) is 5.36. The number of hydrogen-bond donors (Lipinski definition) is 3. The molecule has 1 aromatic heterocycles. The highest BCUT2D eigenvalue weighted by atomic mass is 16.6. The van der Waals surface area contributed by atoms with Crippen LogP contribution >= 0.6 is 0 Å². The highest BCUT2D eigenvalue weighted by Gasteiger charge is 2.35. The zero-order valence-corrected chi connectivity index (χ0v) is 17.7. The molecule has 1 aliphatic rings. The van der Waals surface area contributed by atoms with Crippen LogP contribution in [0.4, 0.5) is 16.3 Å². The van der Waals surface area contributed by atoms with E-state index in [9.17, 15) is 24.8 Å². The molecule has 178 valence electrons. The number of ether oxygens (including phenoxy) is 4. The molecule has 0 bridgehead atoms. The molecule has 3 N–H and O–H groups in total. The number of methoxy groups -OCH3 is 2. The number of rotatable bonds is 8. The summed E-state index contributed by atoms with van der Waals surface area (Å²) < 4.78 is 21.7. The molecule has 0 aliphatic carbocycles. The number of aliphatic hydroxyl groups is 2. The van der Waals surface area contributed by atoms with Gasteiger partial charge in [0.05, 0.1) is 43.5 Å². The van der Waals surface area contributed by atoms with E-state index in [4.69, 9.17) is 24.1 Å². The Kier molecular flexibility index (Phi) is 7.42. The average molecular weight is 466 g/mol. The van der Waals surface area contributed by atoms with E-state index in [0.29, 0.717) is 0 Å². The van der Waals surface area contributed by atoms with E-state index in [-0.39, 0.29) is 35.0 Å². The molecule has 1 amide bonds. The number of nitrogens with zero attached hydrogens (tertiary/aromatic N) is 3. The van der Waals surface area contributed by atoms with Crippen LogP contribution in [0.1, 0.15) is 18.2 Å². The molecule has 1 saturated heterocycles. The number of benzene rings is 1. The van der Waals surface area contributed by atoms with Gasteiger partial charge in [-0.25, -0.2) is 9.59 Å². The molecule has 3 rings (SSSR count). The lowest BCUT2D eigenvalue weighted by Crippen LogP contribution is -2.28. The first-order valence-electron chi connectivity index (χ1n) is 9.64. The quantitative estimate of drug-likeness (QED) is 0.365. The van der Waals surface area contributed by atoms with Gasteiger partial charge in [-0.3, -0.25) is 20.0 Å². The van der Waals surface area contributed by atoms with E-state index in [1.807, 2.05) is 0 Å². The first kappa shape index (κ1) is 23.9. The van der Waals surface area contributed by atoms with Crippen molar-refractivity contribution in [1.29, 1.82) is 0 Å².